The summed E-state index contributed by atoms with van der Waals surface area (Å²) in [6.45, 7) is 0.0698. The number of amides is 1. The van der Waals surface area contributed by atoms with Crippen LogP contribution in [0.3, 0.4) is 0 Å². The second kappa shape index (κ2) is 16.7. The number of aliphatic hydroxyl groups is 4. The first kappa shape index (κ1) is 40.2. The number of nitrogens with zero attached hydrogens (tertiary/aromatic N) is 5. The second-order valence-corrected chi connectivity index (χ2v) is 13.6. The molecular weight excluding hydrogens is 762 g/mol. The van der Waals surface area contributed by atoms with Crippen molar-refractivity contribution in [1.29, 1.82) is 0 Å². The molecule has 5 aromatic rings. The van der Waals surface area contributed by atoms with Gasteiger partial charge in [0.25, 0.3) is 12.0 Å². The van der Waals surface area contributed by atoms with Gasteiger partial charge in [-0.25, -0.2) is 23.2 Å². The fourth-order valence-electron chi connectivity index (χ4n) is 6.22. The molecule has 6 N–H and O–H groups in total. The number of carbonyl (C=O) groups is 2. The Hall–Kier alpha value is -5.51. The first-order valence-corrected chi connectivity index (χ1v) is 17.9. The number of carboxylic acids is 1. The lowest BCUT2D eigenvalue weighted by Crippen LogP contribution is -2.68. The van der Waals surface area contributed by atoms with E-state index in [0.29, 0.717) is 33.2 Å². The fourth-order valence-corrected chi connectivity index (χ4v) is 7.10. The van der Waals surface area contributed by atoms with Gasteiger partial charge in [-0.3, -0.25) is 14.2 Å². The number of alkyl halides is 2. The van der Waals surface area contributed by atoms with Gasteiger partial charge >= 0.3 is 11.8 Å². The molecule has 1 amide bonds. The lowest BCUT2D eigenvalue weighted by molar-refractivity contribution is -0.284. The molecule has 3 aromatic carbocycles. The minimum Gasteiger partial charge on any atom is -0.495 e. The van der Waals surface area contributed by atoms with E-state index in [1.165, 1.54) is 40.4 Å². The van der Waals surface area contributed by atoms with E-state index in [2.05, 4.69) is 15.6 Å². The number of aromatic nitrogens is 5. The molecule has 0 aliphatic carbocycles. The highest BCUT2D eigenvalue weighted by Crippen LogP contribution is 2.39. The number of hydrogen-bond acceptors (Lipinski definition) is 14. The molecule has 56 heavy (non-hydrogen) atoms. The van der Waals surface area contributed by atoms with Crippen LogP contribution in [0.4, 0.5) is 8.78 Å². The monoisotopic (exact) mass is 798 g/mol. The summed E-state index contributed by atoms with van der Waals surface area (Å²) in [6, 6.07) is 15.6. The number of methoxy groups -OCH3 is 1. The van der Waals surface area contributed by atoms with Gasteiger partial charge in [0, 0.05) is 12.7 Å². The topological polar surface area (TPSA) is 241 Å². The average Bonchev–Trinajstić information content (AvgIpc) is 3.66. The number of para-hydroxylation sites is 3. The Morgan fingerprint density at radius 2 is 1.84 bits per heavy atom. The predicted octanol–water partition coefficient (Wildman–Crippen LogP) is 1.73. The van der Waals surface area contributed by atoms with Gasteiger partial charge < -0.3 is 45.1 Å². The lowest BCUT2D eigenvalue weighted by Gasteiger charge is -2.46. The molecule has 0 unspecified atom stereocenters. The number of ether oxygens (including phenoxy) is 3. The molecule has 1 saturated heterocycles. The summed E-state index contributed by atoms with van der Waals surface area (Å²) >= 11 is 1.17. The normalized spacial score (nSPS) is 20.8. The van der Waals surface area contributed by atoms with Crippen LogP contribution in [0.1, 0.15) is 31.0 Å². The van der Waals surface area contributed by atoms with Crippen LogP contribution < -0.4 is 20.3 Å². The third kappa shape index (κ3) is 8.06. The molecule has 1 aliphatic rings. The third-order valence-corrected chi connectivity index (χ3v) is 9.89. The lowest BCUT2D eigenvalue weighted by atomic mass is 9.88. The van der Waals surface area contributed by atoms with Crippen LogP contribution in [-0.2, 0) is 20.1 Å². The molecule has 6 rings (SSSR count). The Kier molecular flexibility index (Phi) is 12.0. The second-order valence-electron chi connectivity index (χ2n) is 12.7. The van der Waals surface area contributed by atoms with Crippen LogP contribution in [0.5, 0.6) is 11.5 Å². The summed E-state index contributed by atoms with van der Waals surface area (Å²) in [5.74, 6) is -5.58. The highest BCUT2D eigenvalue weighted by Gasteiger charge is 2.57. The van der Waals surface area contributed by atoms with Crippen LogP contribution in [0.15, 0.2) is 82.9 Å². The quantitative estimate of drug-likeness (QED) is 0.0693. The van der Waals surface area contributed by atoms with E-state index in [0.717, 1.165) is 19.1 Å². The Morgan fingerprint density at radius 3 is 2.54 bits per heavy atom. The van der Waals surface area contributed by atoms with Gasteiger partial charge in [0.05, 0.1) is 72.0 Å². The van der Waals surface area contributed by atoms with Crippen molar-refractivity contribution in [2.45, 2.75) is 66.9 Å². The van der Waals surface area contributed by atoms with Crippen molar-refractivity contribution in [3.63, 3.8) is 0 Å². The van der Waals surface area contributed by atoms with Gasteiger partial charge in [-0.15, -0.1) is 5.10 Å². The Balaban J connectivity index is 1.28. The highest BCUT2D eigenvalue weighted by molar-refractivity contribution is 7.98. The van der Waals surface area contributed by atoms with E-state index in [1.54, 1.807) is 48.5 Å². The predicted molar refractivity (Wildman–Crippen MR) is 193 cm³/mol. The maximum Gasteiger partial charge on any atom is 0.377 e. The van der Waals surface area contributed by atoms with E-state index in [9.17, 15) is 48.7 Å². The SMILES string of the molecule is COc1ccccc1-n1c(SCc2cn(-c3ccc(O[C@]4(C(=O)O)C[C@H](O)[C@@H](NC(C)=O)[C@H]([C@H](O)[C@H](O)CO)O4)c(C(F)F)c3)nn2)nc2ccccc2c1=O. The number of aliphatic hydroxyl groups excluding tert-OH is 4. The largest absolute Gasteiger partial charge is 0.495 e. The van der Waals surface area contributed by atoms with Crippen molar-refractivity contribution < 1.29 is 58.1 Å². The molecule has 3 heterocycles. The van der Waals surface area contributed by atoms with E-state index in [1.807, 2.05) is 0 Å². The van der Waals surface area contributed by atoms with Gasteiger partial charge in [0.1, 0.15) is 29.8 Å². The zero-order valence-electron chi connectivity index (χ0n) is 29.6. The van der Waals surface area contributed by atoms with Gasteiger partial charge in [-0.05, 0) is 42.5 Å². The Bertz CT molecular complexity index is 2290. The number of carbonyl (C=O) groups excluding carboxylic acids is 1. The maximum absolute atomic E-state index is 14.6. The molecule has 296 valence electrons. The van der Waals surface area contributed by atoms with Crippen LogP contribution in [0.2, 0.25) is 0 Å². The zero-order valence-corrected chi connectivity index (χ0v) is 30.4. The number of thioether (sulfide) groups is 1. The Morgan fingerprint density at radius 1 is 1.11 bits per heavy atom. The van der Waals surface area contributed by atoms with Crippen molar-refractivity contribution in [1.82, 2.24) is 29.9 Å². The summed E-state index contributed by atoms with van der Waals surface area (Å²) < 4.78 is 48.4. The molecule has 0 saturated carbocycles. The van der Waals surface area contributed by atoms with E-state index in [4.69, 9.17) is 19.2 Å². The summed E-state index contributed by atoms with van der Waals surface area (Å²) in [5, 5.41) is 62.5. The van der Waals surface area contributed by atoms with E-state index >= 15 is 0 Å². The molecule has 0 spiro atoms. The maximum atomic E-state index is 14.6. The first-order chi connectivity index (χ1) is 26.8. The van der Waals surface area contributed by atoms with Crippen LogP contribution in [0, 0.1) is 0 Å². The molecule has 1 fully saturated rings. The van der Waals surface area contributed by atoms with E-state index < -0.39 is 78.9 Å². The number of nitrogens with one attached hydrogen (secondary N) is 1. The van der Waals surface area contributed by atoms with Crippen molar-refractivity contribution in [3.05, 3.63) is 94.5 Å². The van der Waals surface area contributed by atoms with Gasteiger partial charge in [-0.1, -0.05) is 41.2 Å². The summed E-state index contributed by atoms with van der Waals surface area (Å²) in [5.41, 5.74) is 0.256. The number of hydrogen-bond donors (Lipinski definition) is 6. The molecule has 17 nitrogen and oxygen atoms in total. The smallest absolute Gasteiger partial charge is 0.377 e. The van der Waals surface area contributed by atoms with Crippen molar-refractivity contribution in [2.75, 3.05) is 13.7 Å². The molecule has 0 radical (unpaired) electrons. The van der Waals surface area contributed by atoms with Crippen molar-refractivity contribution >= 4 is 34.5 Å². The number of fused-ring (bicyclic) bond motifs is 1. The fraction of sp³-hybridized carbons (Fsp3) is 0.333. The van der Waals surface area contributed by atoms with E-state index in [-0.39, 0.29) is 17.0 Å². The van der Waals surface area contributed by atoms with Crippen LogP contribution in [0.25, 0.3) is 22.3 Å². The van der Waals surface area contributed by atoms with Crippen LogP contribution >= 0.6 is 11.8 Å². The minimum absolute atomic E-state index is 0.0743. The molecule has 0 bridgehead atoms. The standard InChI is InChI=1S/C36H36F2N6O11S/c1-18(46)39-29-25(47)14-36(34(51)52,55-31(29)30(49)26(48)16-45)54-27-12-11-20(13-22(27)32(37)38)43-15-19(41-42-43)17-56-35-40-23-8-4-3-7-21(23)33(50)44(35)24-9-5-6-10-28(24)53-2/h3-13,15,25-26,29-32,45,47-49H,14,16-17H2,1-2H3,(H,39,46)(H,51,52)/t25-,26+,29+,30+,31+,36+/m0/s1. The molecular formula is C36H36F2N6O11S. The minimum atomic E-state index is -3.24. The zero-order chi connectivity index (χ0) is 40.3. The number of aliphatic carboxylic acids is 1. The highest BCUT2D eigenvalue weighted by atomic mass is 32.2. The summed E-state index contributed by atoms with van der Waals surface area (Å²) in [4.78, 5) is 42.9. The first-order valence-electron chi connectivity index (χ1n) is 16.9. The average molecular weight is 799 g/mol. The molecule has 20 heteroatoms. The Labute approximate surface area is 320 Å². The van der Waals surface area contributed by atoms with Gasteiger partial charge in [-0.2, -0.15) is 0 Å². The third-order valence-electron chi connectivity index (χ3n) is 8.92. The number of halogens is 2. The van der Waals surface area contributed by atoms with Crippen molar-refractivity contribution in [3.8, 4) is 22.9 Å². The van der Waals surface area contributed by atoms with Crippen molar-refractivity contribution in [2.24, 2.45) is 0 Å². The molecule has 6 atom stereocenters. The molecule has 2 aromatic heterocycles. The van der Waals surface area contributed by atoms with Gasteiger partial charge in [0.15, 0.2) is 5.16 Å². The number of benzene rings is 3. The summed E-state index contributed by atoms with van der Waals surface area (Å²) in [7, 11) is 1.48. The van der Waals surface area contributed by atoms with Gasteiger partial charge in [0.2, 0.25) is 5.91 Å². The van der Waals surface area contributed by atoms with Crippen LogP contribution in [-0.4, -0.2) is 112 Å². The number of carboxylic acid groups (broad SMARTS) is 1. The molecule has 1 aliphatic heterocycles. The number of rotatable bonds is 14. The summed E-state index contributed by atoms with van der Waals surface area (Å²) in [6.07, 6.45) is -10.3.